The van der Waals surface area contributed by atoms with Gasteiger partial charge in [0.05, 0.1) is 0 Å². The van der Waals surface area contributed by atoms with Gasteiger partial charge in [0.15, 0.2) is 0 Å². The Morgan fingerprint density at radius 3 is 2.40 bits per heavy atom. The Bertz CT molecular complexity index is 400. The first kappa shape index (κ1) is 15.5. The third kappa shape index (κ3) is 4.07. The number of benzene rings is 1. The second-order valence-corrected chi connectivity index (χ2v) is 7.06. The van der Waals surface area contributed by atoms with Crippen molar-refractivity contribution in [2.24, 2.45) is 23.5 Å². The summed E-state index contributed by atoms with van der Waals surface area (Å²) in [6.45, 7) is 8.98. The van der Waals surface area contributed by atoms with Gasteiger partial charge in [-0.2, -0.15) is 0 Å². The molecule has 112 valence electrons. The van der Waals surface area contributed by atoms with Crippen LogP contribution in [0.25, 0.3) is 0 Å². The van der Waals surface area contributed by atoms with Crippen LogP contribution >= 0.6 is 0 Å². The molecular formula is C18H30N2. The summed E-state index contributed by atoms with van der Waals surface area (Å²) in [6, 6.07) is 9.23. The van der Waals surface area contributed by atoms with E-state index >= 15 is 0 Å². The van der Waals surface area contributed by atoms with Crippen molar-refractivity contribution in [3.8, 4) is 0 Å². The Hall–Kier alpha value is -0.860. The number of hydrogen-bond donors (Lipinski definition) is 1. The molecule has 1 aliphatic carbocycles. The fourth-order valence-corrected chi connectivity index (χ4v) is 3.71. The van der Waals surface area contributed by atoms with Gasteiger partial charge in [-0.25, -0.2) is 0 Å². The minimum absolute atomic E-state index is 0.370. The Kier molecular flexibility index (Phi) is 5.22. The highest BCUT2D eigenvalue weighted by Gasteiger charge is 2.32. The SMILES string of the molecule is Cc1ccc(CN(C)CC2C(C)CC(C)CC2N)cc1. The first-order valence-electron chi connectivity index (χ1n) is 7.95. The molecule has 2 heteroatoms. The van der Waals surface area contributed by atoms with Crippen molar-refractivity contribution in [1.82, 2.24) is 4.90 Å². The fourth-order valence-electron chi connectivity index (χ4n) is 3.71. The number of nitrogens with two attached hydrogens (primary N) is 1. The lowest BCUT2D eigenvalue weighted by molar-refractivity contribution is 0.127. The molecule has 0 spiro atoms. The molecule has 2 rings (SSSR count). The Morgan fingerprint density at radius 2 is 1.80 bits per heavy atom. The van der Waals surface area contributed by atoms with Gasteiger partial charge in [-0.3, -0.25) is 0 Å². The molecule has 0 heterocycles. The van der Waals surface area contributed by atoms with Crippen LogP contribution in [-0.2, 0) is 6.54 Å². The van der Waals surface area contributed by atoms with E-state index in [0.29, 0.717) is 12.0 Å². The molecule has 0 bridgehead atoms. The molecule has 0 amide bonds. The molecule has 1 aromatic carbocycles. The van der Waals surface area contributed by atoms with Gasteiger partial charge in [0.2, 0.25) is 0 Å². The smallest absolute Gasteiger partial charge is 0.0230 e. The maximum Gasteiger partial charge on any atom is 0.0230 e. The first-order chi connectivity index (χ1) is 9.45. The van der Waals surface area contributed by atoms with Gasteiger partial charge in [0.25, 0.3) is 0 Å². The van der Waals surface area contributed by atoms with Crippen LogP contribution in [0, 0.1) is 24.7 Å². The van der Waals surface area contributed by atoms with Crippen LogP contribution in [0.15, 0.2) is 24.3 Å². The first-order valence-corrected chi connectivity index (χ1v) is 7.95. The topological polar surface area (TPSA) is 29.3 Å². The molecule has 0 aliphatic heterocycles. The average Bonchev–Trinajstić information content (AvgIpc) is 2.36. The second kappa shape index (κ2) is 6.73. The lowest BCUT2D eigenvalue weighted by atomic mass is 9.72. The van der Waals surface area contributed by atoms with Crippen molar-refractivity contribution in [3.05, 3.63) is 35.4 Å². The Balaban J connectivity index is 1.90. The molecule has 1 aliphatic rings. The van der Waals surface area contributed by atoms with Crippen LogP contribution in [0.2, 0.25) is 0 Å². The van der Waals surface area contributed by atoms with Crippen LogP contribution in [0.4, 0.5) is 0 Å². The Labute approximate surface area is 124 Å². The van der Waals surface area contributed by atoms with Gasteiger partial charge in [-0.05, 0) is 50.1 Å². The molecule has 4 atom stereocenters. The second-order valence-electron chi connectivity index (χ2n) is 7.06. The van der Waals surface area contributed by atoms with Crippen molar-refractivity contribution < 1.29 is 0 Å². The highest BCUT2D eigenvalue weighted by Crippen LogP contribution is 2.33. The van der Waals surface area contributed by atoms with Crippen LogP contribution < -0.4 is 5.73 Å². The zero-order chi connectivity index (χ0) is 14.7. The van der Waals surface area contributed by atoms with E-state index in [-0.39, 0.29) is 0 Å². The van der Waals surface area contributed by atoms with E-state index in [4.69, 9.17) is 5.73 Å². The predicted octanol–water partition coefficient (Wildman–Crippen LogP) is 3.44. The van der Waals surface area contributed by atoms with Gasteiger partial charge in [-0.1, -0.05) is 43.7 Å². The molecule has 2 nitrogen and oxygen atoms in total. The van der Waals surface area contributed by atoms with Crippen molar-refractivity contribution in [2.75, 3.05) is 13.6 Å². The largest absolute Gasteiger partial charge is 0.327 e. The summed E-state index contributed by atoms with van der Waals surface area (Å²) in [5.41, 5.74) is 9.11. The van der Waals surface area contributed by atoms with Gasteiger partial charge in [0, 0.05) is 19.1 Å². The van der Waals surface area contributed by atoms with Crippen molar-refractivity contribution >= 4 is 0 Å². The van der Waals surface area contributed by atoms with E-state index in [1.807, 2.05) is 0 Å². The van der Waals surface area contributed by atoms with E-state index in [2.05, 4.69) is 57.0 Å². The standard InChI is InChI=1S/C18H30N2/c1-13-5-7-16(8-6-13)11-20(4)12-17-15(3)9-14(2)10-18(17)19/h5-8,14-15,17-18H,9-12,19H2,1-4H3. The van der Waals surface area contributed by atoms with E-state index in [1.54, 1.807) is 0 Å². The van der Waals surface area contributed by atoms with Crippen LogP contribution in [-0.4, -0.2) is 24.5 Å². The molecule has 0 saturated heterocycles. The van der Waals surface area contributed by atoms with Gasteiger partial charge >= 0.3 is 0 Å². The number of nitrogens with zero attached hydrogens (tertiary/aromatic N) is 1. The third-order valence-electron chi connectivity index (χ3n) is 4.83. The molecular weight excluding hydrogens is 244 g/mol. The normalized spacial score (nSPS) is 30.7. The summed E-state index contributed by atoms with van der Waals surface area (Å²) in [5, 5.41) is 0. The third-order valence-corrected chi connectivity index (χ3v) is 4.83. The predicted molar refractivity (Wildman–Crippen MR) is 86.5 cm³/mol. The zero-order valence-corrected chi connectivity index (χ0v) is 13.5. The molecule has 1 saturated carbocycles. The summed E-state index contributed by atoms with van der Waals surface area (Å²) >= 11 is 0. The van der Waals surface area contributed by atoms with E-state index in [1.165, 1.54) is 24.0 Å². The summed E-state index contributed by atoms with van der Waals surface area (Å²) in [7, 11) is 2.22. The van der Waals surface area contributed by atoms with E-state index in [0.717, 1.165) is 24.9 Å². The van der Waals surface area contributed by atoms with Gasteiger partial charge in [0.1, 0.15) is 0 Å². The zero-order valence-electron chi connectivity index (χ0n) is 13.5. The van der Waals surface area contributed by atoms with Crippen molar-refractivity contribution in [3.63, 3.8) is 0 Å². The minimum atomic E-state index is 0.370. The molecule has 0 radical (unpaired) electrons. The van der Waals surface area contributed by atoms with Gasteiger partial charge < -0.3 is 10.6 Å². The average molecular weight is 274 g/mol. The molecule has 2 N–H and O–H groups in total. The number of hydrogen-bond acceptors (Lipinski definition) is 2. The maximum absolute atomic E-state index is 6.39. The number of aryl methyl sites for hydroxylation is 1. The lowest BCUT2D eigenvalue weighted by Crippen LogP contribution is -2.45. The van der Waals surface area contributed by atoms with Crippen LogP contribution in [0.5, 0.6) is 0 Å². The maximum atomic E-state index is 6.39. The quantitative estimate of drug-likeness (QED) is 0.911. The highest BCUT2D eigenvalue weighted by molar-refractivity contribution is 5.21. The van der Waals surface area contributed by atoms with Crippen molar-refractivity contribution in [2.45, 2.75) is 46.2 Å². The van der Waals surface area contributed by atoms with E-state index < -0.39 is 0 Å². The summed E-state index contributed by atoms with van der Waals surface area (Å²) in [5.74, 6) is 2.18. The summed E-state index contributed by atoms with van der Waals surface area (Å²) in [6.07, 6.45) is 2.52. The van der Waals surface area contributed by atoms with Crippen LogP contribution in [0.1, 0.15) is 37.8 Å². The monoisotopic (exact) mass is 274 g/mol. The summed E-state index contributed by atoms with van der Waals surface area (Å²) < 4.78 is 0. The fraction of sp³-hybridized carbons (Fsp3) is 0.667. The lowest BCUT2D eigenvalue weighted by Gasteiger charge is -2.39. The van der Waals surface area contributed by atoms with Crippen molar-refractivity contribution in [1.29, 1.82) is 0 Å². The minimum Gasteiger partial charge on any atom is -0.327 e. The number of rotatable bonds is 4. The summed E-state index contributed by atoms with van der Waals surface area (Å²) in [4.78, 5) is 2.43. The highest BCUT2D eigenvalue weighted by atomic mass is 15.1. The van der Waals surface area contributed by atoms with E-state index in [9.17, 15) is 0 Å². The molecule has 1 fully saturated rings. The molecule has 1 aromatic rings. The Morgan fingerprint density at radius 1 is 1.15 bits per heavy atom. The van der Waals surface area contributed by atoms with Gasteiger partial charge in [-0.15, -0.1) is 0 Å². The molecule has 20 heavy (non-hydrogen) atoms. The molecule has 0 aromatic heterocycles. The molecule has 4 unspecified atom stereocenters. The van der Waals surface area contributed by atoms with Crippen LogP contribution in [0.3, 0.4) is 0 Å².